The van der Waals surface area contributed by atoms with Crippen LogP contribution in [0.3, 0.4) is 0 Å². The number of anilines is 1. The number of halogens is 2. The summed E-state index contributed by atoms with van der Waals surface area (Å²) in [6.45, 7) is 9.19. The van der Waals surface area contributed by atoms with Crippen molar-refractivity contribution in [1.29, 1.82) is 0 Å². The van der Waals surface area contributed by atoms with Crippen LogP contribution in [0.25, 0.3) is 65.7 Å². The van der Waals surface area contributed by atoms with Gasteiger partial charge in [-0.3, -0.25) is 4.90 Å². The van der Waals surface area contributed by atoms with Crippen molar-refractivity contribution in [1.82, 2.24) is 24.0 Å². The molecule has 9 heteroatoms. The summed E-state index contributed by atoms with van der Waals surface area (Å²) >= 11 is 10.3. The van der Waals surface area contributed by atoms with Gasteiger partial charge in [0.15, 0.2) is 0 Å². The predicted molar refractivity (Wildman–Crippen MR) is 222 cm³/mol. The lowest BCUT2D eigenvalue weighted by molar-refractivity contribution is 0.0376. The van der Waals surface area contributed by atoms with E-state index in [0.29, 0.717) is 0 Å². The Kier molecular flexibility index (Phi) is 9.48. The molecule has 4 aromatic heterocycles. The Morgan fingerprint density at radius 1 is 0.615 bits per heavy atom. The summed E-state index contributed by atoms with van der Waals surface area (Å²) in [5, 5.41) is 6.50. The Balaban J connectivity index is 0.000000145. The van der Waals surface area contributed by atoms with E-state index < -0.39 is 0 Å². The largest absolute Gasteiger partial charge is 0.379 e. The number of aromatic nitrogens is 4. The molecule has 6 heterocycles. The average Bonchev–Trinajstić information content (AvgIpc) is 3.60. The number of hydrogen-bond acceptors (Lipinski definition) is 5. The molecular weight excluding hydrogens is 732 g/mol. The summed E-state index contributed by atoms with van der Waals surface area (Å²) in [4.78, 5) is 15.2. The lowest BCUT2D eigenvalue weighted by Crippen LogP contribution is -2.38. The van der Waals surface area contributed by atoms with Crippen molar-refractivity contribution < 1.29 is 4.74 Å². The van der Waals surface area contributed by atoms with Crippen LogP contribution in [-0.2, 0) is 17.8 Å². The lowest BCUT2D eigenvalue weighted by Gasteiger charge is -2.29. The van der Waals surface area contributed by atoms with Crippen LogP contribution in [0.5, 0.6) is 0 Å². The van der Waals surface area contributed by atoms with Gasteiger partial charge in [-0.25, -0.2) is 9.97 Å². The van der Waals surface area contributed by atoms with Crippen LogP contribution < -0.4 is 4.90 Å². The molecule has 10 rings (SSSR count). The van der Waals surface area contributed by atoms with Crippen LogP contribution in [-0.4, -0.2) is 75.3 Å². The molecule has 52 heavy (non-hydrogen) atoms. The van der Waals surface area contributed by atoms with E-state index in [1.807, 2.05) is 24.3 Å². The first-order chi connectivity index (χ1) is 25.7. The molecule has 2 aliphatic rings. The molecule has 7 nitrogen and oxygen atoms in total. The first-order valence-corrected chi connectivity index (χ1v) is 20.1. The van der Waals surface area contributed by atoms with E-state index >= 15 is 0 Å². The van der Waals surface area contributed by atoms with Gasteiger partial charge in [-0.05, 0) is 43.5 Å². The van der Waals surface area contributed by atoms with Crippen molar-refractivity contribution in [2.45, 2.75) is 32.4 Å². The van der Waals surface area contributed by atoms with Gasteiger partial charge in [-0.1, -0.05) is 100 Å². The summed E-state index contributed by atoms with van der Waals surface area (Å²) in [6.07, 6.45) is 3.39. The highest BCUT2D eigenvalue weighted by molar-refractivity contribution is 9.09. The van der Waals surface area contributed by atoms with Crippen LogP contribution in [0.2, 0.25) is 5.02 Å². The number of nitrogens with zero attached hydrogens (tertiary/aromatic N) is 6. The van der Waals surface area contributed by atoms with Gasteiger partial charge in [-0.2, -0.15) is 0 Å². The number of benzene rings is 4. The fraction of sp³-hybridized carbons (Fsp3) is 0.302. The Morgan fingerprint density at radius 3 is 1.98 bits per heavy atom. The third-order valence-corrected chi connectivity index (χ3v) is 11.7. The van der Waals surface area contributed by atoms with Crippen LogP contribution in [0, 0.1) is 0 Å². The van der Waals surface area contributed by atoms with E-state index in [2.05, 4.69) is 108 Å². The maximum absolute atomic E-state index is 6.76. The van der Waals surface area contributed by atoms with E-state index in [0.717, 1.165) is 115 Å². The van der Waals surface area contributed by atoms with Crippen molar-refractivity contribution in [2.75, 3.05) is 56.2 Å². The highest BCUT2D eigenvalue weighted by Crippen LogP contribution is 2.41. The zero-order chi connectivity index (χ0) is 35.0. The molecule has 0 spiro atoms. The second-order valence-corrected chi connectivity index (χ2v) is 15.0. The molecule has 0 unspecified atom stereocenters. The van der Waals surface area contributed by atoms with Crippen molar-refractivity contribution in [3.8, 4) is 0 Å². The number of para-hydroxylation sites is 4. The summed E-state index contributed by atoms with van der Waals surface area (Å²) in [7, 11) is 0. The monoisotopic (exact) mass is 772 g/mol. The first-order valence-electron chi connectivity index (χ1n) is 18.6. The van der Waals surface area contributed by atoms with Gasteiger partial charge in [-0.15, -0.1) is 0 Å². The van der Waals surface area contributed by atoms with Crippen molar-refractivity contribution in [2.24, 2.45) is 0 Å². The minimum Gasteiger partial charge on any atom is -0.379 e. The number of pyridine rings is 2. The van der Waals surface area contributed by atoms with Crippen molar-refractivity contribution >= 4 is 98.9 Å². The third kappa shape index (κ3) is 5.99. The normalized spacial score (nSPS) is 15.2. The molecule has 1 fully saturated rings. The fourth-order valence-corrected chi connectivity index (χ4v) is 8.95. The van der Waals surface area contributed by atoms with Gasteiger partial charge in [0.2, 0.25) is 0 Å². The smallest absolute Gasteiger partial charge is 0.0988 e. The van der Waals surface area contributed by atoms with Gasteiger partial charge in [0, 0.05) is 72.7 Å². The number of aryl methyl sites for hydroxylation is 2. The molecule has 264 valence electrons. The molecule has 4 aromatic carbocycles. The molecule has 2 aliphatic heterocycles. The van der Waals surface area contributed by atoms with Gasteiger partial charge >= 0.3 is 0 Å². The van der Waals surface area contributed by atoms with Crippen LogP contribution in [0.15, 0.2) is 97.1 Å². The number of hydrogen-bond donors (Lipinski definition) is 0. The first kappa shape index (κ1) is 33.6. The molecule has 1 saturated heterocycles. The molecule has 0 saturated carbocycles. The van der Waals surface area contributed by atoms with Crippen LogP contribution in [0.4, 0.5) is 5.69 Å². The molecule has 8 aromatic rings. The Hall–Kier alpha value is -4.21. The van der Waals surface area contributed by atoms with Crippen LogP contribution in [0.1, 0.15) is 19.3 Å². The minimum atomic E-state index is 0.798. The fourth-order valence-electron chi connectivity index (χ4n) is 8.35. The number of fused-ring (bicyclic) bond motifs is 9. The lowest BCUT2D eigenvalue weighted by atomic mass is 10.1. The number of rotatable bonds is 7. The van der Waals surface area contributed by atoms with E-state index in [-0.39, 0.29) is 0 Å². The Bertz CT molecular complexity index is 2560. The number of morpholine rings is 1. The average molecular weight is 774 g/mol. The molecule has 0 bridgehead atoms. The summed E-state index contributed by atoms with van der Waals surface area (Å²) in [6, 6.07) is 33.9. The van der Waals surface area contributed by atoms with E-state index in [1.165, 1.54) is 44.8 Å². The second kappa shape index (κ2) is 14.7. The van der Waals surface area contributed by atoms with Gasteiger partial charge in [0.25, 0.3) is 0 Å². The van der Waals surface area contributed by atoms with Crippen molar-refractivity contribution in [3.05, 3.63) is 102 Å². The quantitative estimate of drug-likeness (QED) is 0.151. The summed E-state index contributed by atoms with van der Waals surface area (Å²) < 4.78 is 10.3. The molecule has 0 amide bonds. The summed E-state index contributed by atoms with van der Waals surface area (Å²) in [5.74, 6) is 0. The highest BCUT2D eigenvalue weighted by Gasteiger charge is 2.24. The zero-order valence-electron chi connectivity index (χ0n) is 29.3. The van der Waals surface area contributed by atoms with E-state index in [1.54, 1.807) is 0 Å². The topological polar surface area (TPSA) is 51.4 Å². The van der Waals surface area contributed by atoms with Gasteiger partial charge in [0.05, 0.1) is 68.1 Å². The highest BCUT2D eigenvalue weighted by atomic mass is 79.9. The minimum absolute atomic E-state index is 0.798. The molecule has 0 N–H and O–H groups in total. The SMILES string of the molecule is Clc1c2ccccc2nc2c3ccccc3n(CCCBr)c12.c1ccc2c3c4c(nc2c1)c1ccccc1n4CCCN3CCCN1CCOCC1. The Labute approximate surface area is 316 Å². The van der Waals surface area contributed by atoms with E-state index in [9.17, 15) is 0 Å². The van der Waals surface area contributed by atoms with E-state index in [4.69, 9.17) is 26.3 Å². The van der Waals surface area contributed by atoms with Crippen LogP contribution >= 0.6 is 27.5 Å². The third-order valence-electron chi connectivity index (χ3n) is 10.7. The standard InChI is InChI=1S/C25H28N4O.C18H14BrClN2/c1-3-9-21-19(7-1)24-25-23(26-21)20-8-2-4-10-22(20)29(25)14-6-13-28(24)12-5-11-27-15-17-30-18-16-27;19-10-5-11-22-15-9-4-2-7-13(15)17-18(22)16(20)12-6-1-3-8-14(12)21-17/h1-4,7-10H,5-6,11-18H2;1-4,6-9H,5,10-11H2. The zero-order valence-corrected chi connectivity index (χ0v) is 31.6. The summed E-state index contributed by atoms with van der Waals surface area (Å²) in [5.41, 5.74) is 10.4. The number of alkyl halides is 1. The maximum atomic E-state index is 6.76. The predicted octanol–water partition coefficient (Wildman–Crippen LogP) is 10.1. The maximum Gasteiger partial charge on any atom is 0.0988 e. The molecule has 0 radical (unpaired) electrons. The molecule has 0 atom stereocenters. The number of ether oxygens (including phenoxy) is 1. The van der Waals surface area contributed by atoms with Gasteiger partial charge < -0.3 is 18.8 Å². The van der Waals surface area contributed by atoms with Crippen molar-refractivity contribution in [3.63, 3.8) is 0 Å². The molecular formula is C43H42BrClN6O. The Morgan fingerprint density at radius 2 is 1.23 bits per heavy atom. The molecule has 0 aliphatic carbocycles. The second-order valence-electron chi connectivity index (χ2n) is 13.8. The van der Waals surface area contributed by atoms with Gasteiger partial charge in [0.1, 0.15) is 0 Å².